The van der Waals surface area contributed by atoms with Crippen LogP contribution in [0.5, 0.6) is 5.75 Å². The maximum Gasteiger partial charge on any atom is 0.306 e. The number of hydrogen-bond acceptors (Lipinski definition) is 6. The monoisotopic (exact) mass is 438 g/mol. The molecule has 0 unspecified atom stereocenters. The summed E-state index contributed by atoms with van der Waals surface area (Å²) < 4.78 is 10.3. The van der Waals surface area contributed by atoms with Crippen molar-refractivity contribution < 1.29 is 28.7 Å². The molecule has 8 nitrogen and oxygen atoms in total. The molecule has 0 fully saturated rings. The van der Waals surface area contributed by atoms with Crippen LogP contribution in [0.25, 0.3) is 0 Å². The molecule has 2 aromatic rings. The van der Waals surface area contributed by atoms with Crippen LogP contribution >= 0.6 is 0 Å². The summed E-state index contributed by atoms with van der Waals surface area (Å²) in [6, 6.07) is 10.4. The van der Waals surface area contributed by atoms with E-state index in [1.165, 1.54) is 11.0 Å². The van der Waals surface area contributed by atoms with E-state index >= 15 is 0 Å². The highest BCUT2D eigenvalue weighted by atomic mass is 16.5. The molecule has 2 amide bonds. The van der Waals surface area contributed by atoms with Crippen molar-refractivity contribution in [3.63, 3.8) is 0 Å². The summed E-state index contributed by atoms with van der Waals surface area (Å²) in [5.74, 6) is -1.05. The smallest absolute Gasteiger partial charge is 0.306 e. The van der Waals surface area contributed by atoms with Crippen LogP contribution in [0.1, 0.15) is 41.3 Å². The highest BCUT2D eigenvalue weighted by Gasteiger charge is 2.28. The van der Waals surface area contributed by atoms with Crippen molar-refractivity contribution in [3.8, 4) is 5.75 Å². The lowest BCUT2D eigenvalue weighted by Crippen LogP contribution is -2.43. The van der Waals surface area contributed by atoms with Crippen LogP contribution in [0.4, 0.5) is 11.4 Å². The number of carbonyl (C=O) groups is 4. The Bertz CT molecular complexity index is 1040. The number of amides is 2. The largest absolute Gasteiger partial charge is 0.482 e. The molecular weight excluding hydrogens is 412 g/mol. The number of fused-ring (bicyclic) bond motifs is 1. The Morgan fingerprint density at radius 2 is 1.78 bits per heavy atom. The average Bonchev–Trinajstić information content (AvgIpc) is 2.73. The van der Waals surface area contributed by atoms with E-state index in [0.29, 0.717) is 22.7 Å². The summed E-state index contributed by atoms with van der Waals surface area (Å²) in [7, 11) is 0. The van der Waals surface area contributed by atoms with Crippen molar-refractivity contribution in [1.29, 1.82) is 0 Å². The summed E-state index contributed by atoms with van der Waals surface area (Å²) in [5, 5.41) is 2.81. The van der Waals surface area contributed by atoms with Crippen molar-refractivity contribution in [3.05, 3.63) is 53.1 Å². The predicted octanol–water partition coefficient (Wildman–Crippen LogP) is 3.19. The van der Waals surface area contributed by atoms with Gasteiger partial charge >= 0.3 is 5.97 Å². The van der Waals surface area contributed by atoms with Crippen molar-refractivity contribution in [1.82, 2.24) is 0 Å². The summed E-state index contributed by atoms with van der Waals surface area (Å²) in [6.45, 7) is 5.41. The fraction of sp³-hybridized carbons (Fsp3) is 0.333. The highest BCUT2D eigenvalue weighted by molar-refractivity contribution is 6.06. The van der Waals surface area contributed by atoms with Gasteiger partial charge in [-0.25, -0.2) is 0 Å². The third-order valence-electron chi connectivity index (χ3n) is 4.89. The van der Waals surface area contributed by atoms with Gasteiger partial charge in [-0.05, 0) is 62.2 Å². The molecule has 2 aromatic carbocycles. The van der Waals surface area contributed by atoms with Crippen LogP contribution in [0, 0.1) is 13.8 Å². The maximum absolute atomic E-state index is 12.7. The second-order valence-electron chi connectivity index (χ2n) is 7.60. The molecule has 32 heavy (non-hydrogen) atoms. The third-order valence-corrected chi connectivity index (χ3v) is 4.89. The molecule has 1 heterocycles. The Kier molecular flexibility index (Phi) is 7.25. The van der Waals surface area contributed by atoms with Crippen molar-refractivity contribution in [2.45, 2.75) is 33.6 Å². The average molecular weight is 438 g/mol. The quantitative estimate of drug-likeness (QED) is 0.502. The van der Waals surface area contributed by atoms with E-state index in [1.807, 2.05) is 32.0 Å². The zero-order valence-corrected chi connectivity index (χ0v) is 18.4. The minimum Gasteiger partial charge on any atom is -0.482 e. The van der Waals surface area contributed by atoms with Crippen molar-refractivity contribution >= 4 is 34.9 Å². The maximum atomic E-state index is 12.7. The van der Waals surface area contributed by atoms with Crippen molar-refractivity contribution in [2.24, 2.45) is 0 Å². The molecule has 0 saturated carbocycles. The van der Waals surface area contributed by atoms with Crippen LogP contribution < -0.4 is 15.0 Å². The molecule has 0 bridgehead atoms. The number of ketones is 1. The Labute approximate surface area is 186 Å². The number of aryl methyl sites for hydroxylation is 2. The molecule has 0 aliphatic carbocycles. The number of nitrogens with one attached hydrogen (secondary N) is 1. The number of nitrogens with zero attached hydrogens (tertiary/aromatic N) is 1. The van der Waals surface area contributed by atoms with Gasteiger partial charge in [-0.15, -0.1) is 0 Å². The van der Waals surface area contributed by atoms with E-state index in [4.69, 9.17) is 9.47 Å². The molecule has 0 radical (unpaired) electrons. The fourth-order valence-electron chi connectivity index (χ4n) is 3.53. The second kappa shape index (κ2) is 10.1. The minimum atomic E-state index is -0.443. The molecule has 0 saturated heterocycles. The number of rotatable bonds is 8. The number of benzene rings is 2. The lowest BCUT2D eigenvalue weighted by molar-refractivity contribution is -0.143. The van der Waals surface area contributed by atoms with E-state index in [0.717, 1.165) is 11.1 Å². The number of carbonyl (C=O) groups excluding carboxylic acids is 4. The minimum absolute atomic E-state index is 0.0143. The van der Waals surface area contributed by atoms with Gasteiger partial charge in [0.15, 0.2) is 12.4 Å². The van der Waals surface area contributed by atoms with E-state index in [-0.39, 0.29) is 50.2 Å². The topological polar surface area (TPSA) is 102 Å². The van der Waals surface area contributed by atoms with Gasteiger partial charge in [0, 0.05) is 17.7 Å². The van der Waals surface area contributed by atoms with Crippen LogP contribution in [0.3, 0.4) is 0 Å². The van der Waals surface area contributed by atoms with Crippen LogP contribution in [0.2, 0.25) is 0 Å². The molecule has 0 aromatic heterocycles. The van der Waals surface area contributed by atoms with Gasteiger partial charge in [0.1, 0.15) is 12.3 Å². The van der Waals surface area contributed by atoms with Crippen LogP contribution in [0.15, 0.2) is 36.4 Å². The Hall–Kier alpha value is -3.68. The lowest BCUT2D eigenvalue weighted by atomic mass is 10.0. The molecule has 1 aliphatic rings. The molecule has 0 spiro atoms. The van der Waals surface area contributed by atoms with Gasteiger partial charge in [-0.1, -0.05) is 6.07 Å². The fourth-order valence-corrected chi connectivity index (χ4v) is 3.53. The first-order valence-electron chi connectivity index (χ1n) is 10.4. The lowest BCUT2D eigenvalue weighted by Gasteiger charge is -2.29. The number of Topliss-reactive ketones (excluding diaryl/α,β-unsaturated/α-hetero) is 1. The molecule has 8 heteroatoms. The van der Waals surface area contributed by atoms with E-state index in [2.05, 4.69) is 5.32 Å². The first-order chi connectivity index (χ1) is 15.3. The zero-order chi connectivity index (χ0) is 23.3. The molecule has 1 N–H and O–H groups in total. The van der Waals surface area contributed by atoms with Crippen LogP contribution in [-0.4, -0.2) is 43.3 Å². The van der Waals surface area contributed by atoms with E-state index in [1.54, 1.807) is 19.1 Å². The van der Waals surface area contributed by atoms with Crippen LogP contribution in [-0.2, 0) is 19.1 Å². The Morgan fingerprint density at radius 1 is 1.06 bits per heavy atom. The summed E-state index contributed by atoms with van der Waals surface area (Å²) in [6.07, 6.45) is -0.0408. The van der Waals surface area contributed by atoms with Gasteiger partial charge in [-0.3, -0.25) is 24.1 Å². The second-order valence-corrected chi connectivity index (χ2v) is 7.60. The first-order valence-corrected chi connectivity index (χ1v) is 10.4. The van der Waals surface area contributed by atoms with E-state index in [9.17, 15) is 19.2 Å². The standard InChI is InChI=1S/C24H26N2O6/c1-4-31-24(30)8-6-20(27)17-5-7-21-19(12-17)26(23(29)14-32-21)13-22(28)25-18-10-15(2)9-16(3)11-18/h5,7,9-12H,4,6,8,13-14H2,1-3H3,(H,25,28). The normalized spacial score (nSPS) is 12.6. The van der Waals surface area contributed by atoms with E-state index < -0.39 is 5.97 Å². The number of anilines is 2. The summed E-state index contributed by atoms with van der Waals surface area (Å²) in [5.41, 5.74) is 3.35. The number of ether oxygens (including phenoxy) is 2. The van der Waals surface area contributed by atoms with Gasteiger partial charge in [-0.2, -0.15) is 0 Å². The SMILES string of the molecule is CCOC(=O)CCC(=O)c1ccc2c(c1)N(CC(=O)Nc1cc(C)cc(C)c1)C(=O)CO2. The summed E-state index contributed by atoms with van der Waals surface area (Å²) >= 11 is 0. The predicted molar refractivity (Wildman–Crippen MR) is 119 cm³/mol. The van der Waals surface area contributed by atoms with Gasteiger partial charge in [0.25, 0.3) is 5.91 Å². The van der Waals surface area contributed by atoms with Gasteiger partial charge < -0.3 is 14.8 Å². The Balaban J connectivity index is 1.75. The zero-order valence-electron chi connectivity index (χ0n) is 18.4. The van der Waals surface area contributed by atoms with Crippen molar-refractivity contribution in [2.75, 3.05) is 30.0 Å². The molecule has 1 aliphatic heterocycles. The summed E-state index contributed by atoms with van der Waals surface area (Å²) in [4.78, 5) is 50.5. The Morgan fingerprint density at radius 3 is 2.47 bits per heavy atom. The molecule has 168 valence electrons. The van der Waals surface area contributed by atoms with Gasteiger partial charge in [0.05, 0.1) is 18.7 Å². The molecule has 0 atom stereocenters. The third kappa shape index (κ3) is 5.72. The molecular formula is C24H26N2O6. The molecule has 3 rings (SSSR count). The highest BCUT2D eigenvalue weighted by Crippen LogP contribution is 2.33. The van der Waals surface area contributed by atoms with Gasteiger partial charge in [0.2, 0.25) is 5.91 Å². The first kappa shape index (κ1) is 23.0. The number of esters is 1. The number of hydrogen-bond donors (Lipinski definition) is 1.